The lowest BCUT2D eigenvalue weighted by Gasteiger charge is -2.38. The summed E-state index contributed by atoms with van der Waals surface area (Å²) >= 11 is 0. The maximum atomic E-state index is 12.6. The molecule has 1 atom stereocenters. The molecule has 0 saturated carbocycles. The van der Waals surface area contributed by atoms with Crippen LogP contribution in [0.4, 0.5) is 0 Å². The van der Waals surface area contributed by atoms with Crippen LogP contribution in [0.1, 0.15) is 37.0 Å². The summed E-state index contributed by atoms with van der Waals surface area (Å²) in [5.74, 6) is 0.825. The lowest BCUT2D eigenvalue weighted by atomic mass is 10.1. The Morgan fingerprint density at radius 2 is 2.09 bits per heavy atom. The first-order chi connectivity index (χ1) is 11.0. The molecule has 5 nitrogen and oxygen atoms in total. The van der Waals surface area contributed by atoms with E-state index in [1.807, 2.05) is 43.0 Å². The van der Waals surface area contributed by atoms with Gasteiger partial charge in [0.2, 0.25) is 0 Å². The number of carbonyl (C=O) groups excluding carboxylic acids is 1. The van der Waals surface area contributed by atoms with E-state index >= 15 is 0 Å². The van der Waals surface area contributed by atoms with E-state index in [1.165, 1.54) is 0 Å². The number of hydrogen-bond acceptors (Lipinski definition) is 4. The topological polar surface area (TPSA) is 48.0 Å². The quantitative estimate of drug-likeness (QED) is 0.855. The van der Waals surface area contributed by atoms with Crippen molar-refractivity contribution in [1.29, 1.82) is 0 Å². The van der Waals surface area contributed by atoms with Gasteiger partial charge in [0.25, 0.3) is 5.91 Å². The molecule has 1 amide bonds. The molecule has 2 heterocycles. The van der Waals surface area contributed by atoms with Crippen LogP contribution in [0.3, 0.4) is 0 Å². The number of rotatable bonds is 4. The zero-order valence-electron chi connectivity index (χ0n) is 13.9. The van der Waals surface area contributed by atoms with Crippen molar-refractivity contribution in [2.24, 2.45) is 0 Å². The van der Waals surface area contributed by atoms with Crippen LogP contribution in [-0.4, -0.2) is 55.4 Å². The van der Waals surface area contributed by atoms with Crippen LogP contribution in [0.15, 0.2) is 24.3 Å². The molecule has 0 unspecified atom stereocenters. The molecule has 23 heavy (non-hydrogen) atoms. The van der Waals surface area contributed by atoms with E-state index in [1.54, 1.807) is 0 Å². The van der Waals surface area contributed by atoms with E-state index < -0.39 is 0 Å². The number of carbonyl (C=O) groups is 1. The number of nitrogens with zero attached hydrogens (tertiary/aromatic N) is 1. The van der Waals surface area contributed by atoms with Crippen molar-refractivity contribution >= 4 is 5.91 Å². The van der Waals surface area contributed by atoms with Gasteiger partial charge in [-0.1, -0.05) is 0 Å². The van der Waals surface area contributed by atoms with Crippen LogP contribution >= 0.6 is 0 Å². The van der Waals surface area contributed by atoms with E-state index in [0.29, 0.717) is 31.9 Å². The number of benzene rings is 1. The fraction of sp³-hybridized carbons (Fsp3) is 0.611. The second-order valence-corrected chi connectivity index (χ2v) is 6.81. The third-order valence-electron chi connectivity index (χ3n) is 4.27. The van der Waals surface area contributed by atoms with Gasteiger partial charge in [-0.2, -0.15) is 0 Å². The fourth-order valence-electron chi connectivity index (χ4n) is 3.03. The minimum atomic E-state index is -0.280. The third kappa shape index (κ3) is 4.24. The van der Waals surface area contributed by atoms with Crippen molar-refractivity contribution in [3.05, 3.63) is 29.8 Å². The molecule has 0 aromatic heterocycles. The number of ether oxygens (including phenoxy) is 3. The molecule has 0 spiro atoms. The van der Waals surface area contributed by atoms with Gasteiger partial charge < -0.3 is 19.1 Å². The minimum absolute atomic E-state index is 0.0482. The van der Waals surface area contributed by atoms with Gasteiger partial charge in [0, 0.05) is 25.3 Å². The largest absolute Gasteiger partial charge is 0.491 e. The number of morpholine rings is 1. The second-order valence-electron chi connectivity index (χ2n) is 6.81. The number of hydrogen-bond donors (Lipinski definition) is 0. The summed E-state index contributed by atoms with van der Waals surface area (Å²) in [6.07, 6.45) is 2.37. The Bertz CT molecular complexity index is 534. The SMILES string of the molecule is CC1(C)CN(C(=O)c2ccc(OC[C@@H]3CCCO3)cc2)CCO1. The van der Waals surface area contributed by atoms with Gasteiger partial charge in [-0.05, 0) is 51.0 Å². The van der Waals surface area contributed by atoms with E-state index in [9.17, 15) is 4.79 Å². The van der Waals surface area contributed by atoms with Crippen LogP contribution in [0, 0.1) is 0 Å². The molecule has 2 aliphatic rings. The van der Waals surface area contributed by atoms with Crippen molar-refractivity contribution in [3.63, 3.8) is 0 Å². The monoisotopic (exact) mass is 319 g/mol. The molecular formula is C18H25NO4. The summed E-state index contributed by atoms with van der Waals surface area (Å²) in [6.45, 7) is 7.26. The third-order valence-corrected chi connectivity index (χ3v) is 4.27. The van der Waals surface area contributed by atoms with Gasteiger partial charge in [-0.25, -0.2) is 0 Å². The Morgan fingerprint density at radius 1 is 1.30 bits per heavy atom. The molecule has 0 aliphatic carbocycles. The predicted molar refractivity (Wildman–Crippen MR) is 86.8 cm³/mol. The second kappa shape index (κ2) is 6.89. The van der Waals surface area contributed by atoms with Crippen molar-refractivity contribution in [2.45, 2.75) is 38.4 Å². The molecule has 2 saturated heterocycles. The molecule has 1 aromatic carbocycles. The Hall–Kier alpha value is -1.59. The van der Waals surface area contributed by atoms with Crippen LogP contribution < -0.4 is 4.74 Å². The highest BCUT2D eigenvalue weighted by Gasteiger charge is 2.30. The first-order valence-electron chi connectivity index (χ1n) is 8.31. The average molecular weight is 319 g/mol. The average Bonchev–Trinajstić information content (AvgIpc) is 3.05. The highest BCUT2D eigenvalue weighted by molar-refractivity contribution is 5.94. The van der Waals surface area contributed by atoms with E-state index in [2.05, 4.69) is 0 Å². The van der Waals surface area contributed by atoms with Gasteiger partial charge in [0.15, 0.2) is 0 Å². The van der Waals surface area contributed by atoms with Gasteiger partial charge in [-0.15, -0.1) is 0 Å². The smallest absolute Gasteiger partial charge is 0.254 e. The maximum Gasteiger partial charge on any atom is 0.254 e. The van der Waals surface area contributed by atoms with Crippen molar-refractivity contribution in [2.75, 3.05) is 32.9 Å². The lowest BCUT2D eigenvalue weighted by Crippen LogP contribution is -2.50. The Balaban J connectivity index is 1.56. The summed E-state index contributed by atoms with van der Waals surface area (Å²) in [5, 5.41) is 0. The van der Waals surface area contributed by atoms with E-state index in [0.717, 1.165) is 25.2 Å². The minimum Gasteiger partial charge on any atom is -0.491 e. The number of amides is 1. The summed E-state index contributed by atoms with van der Waals surface area (Å²) in [4.78, 5) is 14.4. The van der Waals surface area contributed by atoms with Crippen LogP contribution in [0.2, 0.25) is 0 Å². The molecule has 0 bridgehead atoms. The first-order valence-corrected chi connectivity index (χ1v) is 8.31. The first kappa shape index (κ1) is 16.3. The Kier molecular flexibility index (Phi) is 4.87. The molecule has 126 valence electrons. The molecular weight excluding hydrogens is 294 g/mol. The van der Waals surface area contributed by atoms with Gasteiger partial charge in [-0.3, -0.25) is 4.79 Å². The van der Waals surface area contributed by atoms with Gasteiger partial charge in [0.05, 0.1) is 18.3 Å². The maximum absolute atomic E-state index is 12.6. The highest BCUT2D eigenvalue weighted by Crippen LogP contribution is 2.20. The van der Waals surface area contributed by atoms with Gasteiger partial charge >= 0.3 is 0 Å². The molecule has 0 N–H and O–H groups in total. The highest BCUT2D eigenvalue weighted by atomic mass is 16.5. The van der Waals surface area contributed by atoms with Crippen LogP contribution in [0.5, 0.6) is 5.75 Å². The summed E-state index contributed by atoms with van der Waals surface area (Å²) < 4.78 is 16.9. The molecule has 5 heteroatoms. The molecule has 1 aromatic rings. The van der Waals surface area contributed by atoms with Gasteiger partial charge in [0.1, 0.15) is 12.4 Å². The fourth-order valence-corrected chi connectivity index (χ4v) is 3.03. The lowest BCUT2D eigenvalue weighted by molar-refractivity contribution is -0.0764. The Morgan fingerprint density at radius 3 is 2.74 bits per heavy atom. The standard InChI is InChI=1S/C18H25NO4/c1-18(2)13-19(9-11-23-18)17(20)14-5-7-15(8-6-14)22-12-16-4-3-10-21-16/h5-8,16H,3-4,9-13H2,1-2H3/t16-/m0/s1. The van der Waals surface area contributed by atoms with Crippen molar-refractivity contribution < 1.29 is 19.0 Å². The molecule has 2 aliphatic heterocycles. The Labute approximate surface area is 137 Å². The van der Waals surface area contributed by atoms with Crippen LogP contribution in [0.25, 0.3) is 0 Å². The normalized spacial score (nSPS) is 23.7. The molecule has 0 radical (unpaired) electrons. The predicted octanol–water partition coefficient (Wildman–Crippen LogP) is 2.50. The van der Waals surface area contributed by atoms with Crippen LogP contribution in [-0.2, 0) is 9.47 Å². The summed E-state index contributed by atoms with van der Waals surface area (Å²) in [7, 11) is 0. The zero-order chi connectivity index (χ0) is 16.3. The van der Waals surface area contributed by atoms with E-state index in [4.69, 9.17) is 14.2 Å². The van der Waals surface area contributed by atoms with Crippen molar-refractivity contribution in [3.8, 4) is 5.75 Å². The molecule has 2 fully saturated rings. The summed E-state index contributed by atoms with van der Waals surface area (Å²) in [6, 6.07) is 7.37. The van der Waals surface area contributed by atoms with Crippen molar-refractivity contribution in [1.82, 2.24) is 4.90 Å². The molecule has 3 rings (SSSR count). The zero-order valence-corrected chi connectivity index (χ0v) is 13.9. The van der Waals surface area contributed by atoms with E-state index in [-0.39, 0.29) is 17.6 Å². The summed E-state index contributed by atoms with van der Waals surface area (Å²) in [5.41, 5.74) is 0.408.